The van der Waals surface area contributed by atoms with Gasteiger partial charge in [-0.05, 0) is 50.4 Å². The molecule has 1 aliphatic rings. The molecule has 1 aromatic rings. The largest absolute Gasteiger partial charge is 0.433 e. The molecule has 1 fully saturated rings. The summed E-state index contributed by atoms with van der Waals surface area (Å²) in [4.78, 5) is 26.1. The van der Waals surface area contributed by atoms with Crippen LogP contribution in [-0.4, -0.2) is 49.5 Å². The van der Waals surface area contributed by atoms with Gasteiger partial charge in [-0.1, -0.05) is 19.1 Å². The summed E-state index contributed by atoms with van der Waals surface area (Å²) in [6, 6.07) is 5.72. The number of carbonyl (C=O) groups excluding carboxylic acids is 2. The number of likely N-dealkylation sites (tertiary alicyclic amines) is 1. The lowest BCUT2D eigenvalue weighted by Gasteiger charge is -2.30. The zero-order chi connectivity index (χ0) is 18.9. The number of anilines is 1. The quantitative estimate of drug-likeness (QED) is 0.572. The second-order valence-corrected chi connectivity index (χ2v) is 6.49. The van der Waals surface area contributed by atoms with Gasteiger partial charge in [-0.2, -0.15) is 8.78 Å². The van der Waals surface area contributed by atoms with Crippen LogP contribution in [0.25, 0.3) is 0 Å². The van der Waals surface area contributed by atoms with Crippen LogP contribution in [0.5, 0.6) is 5.75 Å². The Hall–Kier alpha value is -2.22. The van der Waals surface area contributed by atoms with Crippen molar-refractivity contribution in [2.24, 2.45) is 5.92 Å². The minimum Gasteiger partial charge on any atom is -0.433 e. The first-order valence-corrected chi connectivity index (χ1v) is 8.81. The Bertz CT molecular complexity index is 613. The average Bonchev–Trinajstić information content (AvgIpc) is 2.60. The molecule has 1 aromatic carbocycles. The van der Waals surface area contributed by atoms with E-state index in [1.54, 1.807) is 6.07 Å². The molecule has 26 heavy (non-hydrogen) atoms. The molecule has 0 aliphatic carbocycles. The van der Waals surface area contributed by atoms with Crippen molar-refractivity contribution in [1.29, 1.82) is 0 Å². The third kappa shape index (κ3) is 6.59. The van der Waals surface area contributed by atoms with Gasteiger partial charge < -0.3 is 20.3 Å². The van der Waals surface area contributed by atoms with E-state index in [-0.39, 0.29) is 11.4 Å². The molecule has 2 amide bonds. The van der Waals surface area contributed by atoms with Crippen molar-refractivity contribution < 1.29 is 23.1 Å². The number of ether oxygens (including phenoxy) is 1. The number of hydrogen-bond acceptors (Lipinski definition) is 4. The summed E-state index contributed by atoms with van der Waals surface area (Å²) in [5.41, 5.74) is 0.0234. The SMILES string of the molecule is CC1CCCN(CCCNC(=O)C(=O)Nc2ccccc2OC(F)F)C1. The number of rotatable bonds is 7. The summed E-state index contributed by atoms with van der Waals surface area (Å²) in [7, 11) is 0. The van der Waals surface area contributed by atoms with Crippen LogP contribution in [0.3, 0.4) is 0 Å². The molecule has 6 nitrogen and oxygen atoms in total. The van der Waals surface area contributed by atoms with E-state index >= 15 is 0 Å². The van der Waals surface area contributed by atoms with E-state index in [9.17, 15) is 18.4 Å². The van der Waals surface area contributed by atoms with Crippen LogP contribution in [0.4, 0.5) is 14.5 Å². The van der Waals surface area contributed by atoms with Gasteiger partial charge in [0.2, 0.25) is 0 Å². The van der Waals surface area contributed by atoms with Crippen LogP contribution in [0.15, 0.2) is 24.3 Å². The number of alkyl halides is 2. The Morgan fingerprint density at radius 1 is 1.31 bits per heavy atom. The van der Waals surface area contributed by atoms with E-state index < -0.39 is 18.4 Å². The van der Waals surface area contributed by atoms with E-state index in [2.05, 4.69) is 27.2 Å². The van der Waals surface area contributed by atoms with E-state index in [1.807, 2.05) is 0 Å². The first kappa shape index (κ1) is 20.1. The number of carbonyl (C=O) groups is 2. The van der Waals surface area contributed by atoms with Gasteiger partial charge in [-0.3, -0.25) is 9.59 Å². The van der Waals surface area contributed by atoms with Gasteiger partial charge in [0.15, 0.2) is 0 Å². The highest BCUT2D eigenvalue weighted by Gasteiger charge is 2.18. The number of nitrogens with one attached hydrogen (secondary N) is 2. The molecule has 8 heteroatoms. The summed E-state index contributed by atoms with van der Waals surface area (Å²) in [6.45, 7) is 2.60. The van der Waals surface area contributed by atoms with E-state index in [4.69, 9.17) is 0 Å². The third-order valence-electron chi connectivity index (χ3n) is 4.24. The smallest absolute Gasteiger partial charge is 0.387 e. The third-order valence-corrected chi connectivity index (χ3v) is 4.24. The van der Waals surface area contributed by atoms with Gasteiger partial charge in [-0.25, -0.2) is 0 Å². The first-order chi connectivity index (χ1) is 12.5. The maximum atomic E-state index is 12.4. The minimum absolute atomic E-state index is 0.0234. The second-order valence-electron chi connectivity index (χ2n) is 6.49. The van der Waals surface area contributed by atoms with Crippen LogP contribution in [-0.2, 0) is 9.59 Å². The van der Waals surface area contributed by atoms with Gasteiger partial charge in [0.1, 0.15) is 5.75 Å². The molecular weight excluding hydrogens is 344 g/mol. The summed E-state index contributed by atoms with van der Waals surface area (Å²) >= 11 is 0. The van der Waals surface area contributed by atoms with Crippen molar-refractivity contribution >= 4 is 17.5 Å². The fourth-order valence-corrected chi connectivity index (χ4v) is 3.02. The first-order valence-electron chi connectivity index (χ1n) is 8.81. The Balaban J connectivity index is 1.73. The maximum absolute atomic E-state index is 12.4. The lowest BCUT2D eigenvalue weighted by molar-refractivity contribution is -0.136. The van der Waals surface area contributed by atoms with Crippen LogP contribution in [0, 0.1) is 5.92 Å². The molecule has 1 heterocycles. The van der Waals surface area contributed by atoms with Crippen molar-refractivity contribution in [2.75, 3.05) is 31.5 Å². The van der Waals surface area contributed by atoms with Crippen LogP contribution in [0.1, 0.15) is 26.2 Å². The van der Waals surface area contributed by atoms with Crippen LogP contribution in [0.2, 0.25) is 0 Å². The number of nitrogens with zero attached hydrogens (tertiary/aromatic N) is 1. The molecular formula is C18H25F2N3O3. The summed E-state index contributed by atoms with van der Waals surface area (Å²) in [5, 5.41) is 4.84. The van der Waals surface area contributed by atoms with Gasteiger partial charge in [0.25, 0.3) is 0 Å². The van der Waals surface area contributed by atoms with Gasteiger partial charge in [-0.15, -0.1) is 0 Å². The van der Waals surface area contributed by atoms with Gasteiger partial charge in [0.05, 0.1) is 5.69 Å². The highest BCUT2D eigenvalue weighted by molar-refractivity contribution is 6.39. The number of benzene rings is 1. The minimum atomic E-state index is -3.01. The number of hydrogen-bond donors (Lipinski definition) is 2. The lowest BCUT2D eigenvalue weighted by atomic mass is 10.0. The zero-order valence-electron chi connectivity index (χ0n) is 14.8. The monoisotopic (exact) mass is 369 g/mol. The second kappa shape index (κ2) is 10.1. The van der Waals surface area contributed by atoms with E-state index in [1.165, 1.54) is 31.0 Å². The van der Waals surface area contributed by atoms with Gasteiger partial charge >= 0.3 is 18.4 Å². The molecule has 0 radical (unpaired) electrons. The van der Waals surface area contributed by atoms with Crippen LogP contribution >= 0.6 is 0 Å². The fourth-order valence-electron chi connectivity index (χ4n) is 3.02. The zero-order valence-corrected chi connectivity index (χ0v) is 14.8. The predicted molar refractivity (Wildman–Crippen MR) is 94.2 cm³/mol. The number of halogens is 2. The van der Waals surface area contributed by atoms with Crippen molar-refractivity contribution in [3.05, 3.63) is 24.3 Å². The maximum Gasteiger partial charge on any atom is 0.387 e. The van der Waals surface area contributed by atoms with Crippen molar-refractivity contribution in [2.45, 2.75) is 32.8 Å². The Morgan fingerprint density at radius 2 is 2.08 bits per heavy atom. The van der Waals surface area contributed by atoms with Crippen molar-refractivity contribution in [1.82, 2.24) is 10.2 Å². The summed E-state index contributed by atoms with van der Waals surface area (Å²) in [5.74, 6) is -1.21. The Morgan fingerprint density at radius 3 is 2.81 bits per heavy atom. The predicted octanol–water partition coefficient (Wildman–Crippen LogP) is 2.46. The molecule has 1 aliphatic heterocycles. The molecule has 0 bridgehead atoms. The molecule has 1 atom stereocenters. The topological polar surface area (TPSA) is 70.7 Å². The number of piperidine rings is 1. The van der Waals surface area contributed by atoms with Crippen molar-refractivity contribution in [3.63, 3.8) is 0 Å². The Labute approximate surface area is 151 Å². The van der Waals surface area contributed by atoms with Crippen LogP contribution < -0.4 is 15.4 Å². The molecule has 0 spiro atoms. The van der Waals surface area contributed by atoms with E-state index in [0.717, 1.165) is 26.1 Å². The normalized spacial score (nSPS) is 17.8. The molecule has 1 saturated heterocycles. The molecule has 144 valence electrons. The van der Waals surface area contributed by atoms with Crippen molar-refractivity contribution in [3.8, 4) is 5.75 Å². The number of amides is 2. The summed E-state index contributed by atoms with van der Waals surface area (Å²) in [6.07, 6.45) is 3.19. The van der Waals surface area contributed by atoms with Gasteiger partial charge in [0, 0.05) is 13.1 Å². The molecule has 1 unspecified atom stereocenters. The Kier molecular flexibility index (Phi) is 7.77. The summed E-state index contributed by atoms with van der Waals surface area (Å²) < 4.78 is 29.0. The molecule has 0 aromatic heterocycles. The van der Waals surface area contributed by atoms with E-state index in [0.29, 0.717) is 12.5 Å². The average molecular weight is 369 g/mol. The molecule has 2 rings (SSSR count). The fraction of sp³-hybridized carbons (Fsp3) is 0.556. The molecule has 2 N–H and O–H groups in total. The highest BCUT2D eigenvalue weighted by Crippen LogP contribution is 2.25. The highest BCUT2D eigenvalue weighted by atomic mass is 19.3. The number of para-hydroxylation sites is 2. The standard InChI is InChI=1S/C18H25F2N3O3/c1-13-6-4-10-23(12-13)11-5-9-21-16(24)17(25)22-14-7-2-3-8-15(14)26-18(19)20/h2-3,7-8,13,18H,4-6,9-12H2,1H3,(H,21,24)(H,22,25). The lowest BCUT2D eigenvalue weighted by Crippen LogP contribution is -2.39. The molecule has 0 saturated carbocycles.